The fraction of sp³-hybridized carbons (Fsp3) is 0.438. The Bertz CT molecular complexity index is 736. The molecule has 0 radical (unpaired) electrons. The second kappa shape index (κ2) is 10.1. The van der Waals surface area contributed by atoms with Gasteiger partial charge in [-0.05, 0) is 18.7 Å². The van der Waals surface area contributed by atoms with Crippen LogP contribution in [0.4, 0.5) is 36.8 Å². The van der Waals surface area contributed by atoms with Gasteiger partial charge in [-0.25, -0.2) is 4.79 Å². The third-order valence-electron chi connectivity index (χ3n) is 3.39. The van der Waals surface area contributed by atoms with E-state index in [2.05, 4.69) is 5.32 Å². The second-order valence-corrected chi connectivity index (χ2v) is 5.74. The Morgan fingerprint density at radius 1 is 0.966 bits per heavy atom. The Morgan fingerprint density at radius 2 is 1.55 bits per heavy atom. The highest BCUT2D eigenvalue weighted by Crippen LogP contribution is 2.34. The van der Waals surface area contributed by atoms with Gasteiger partial charge in [0.2, 0.25) is 11.8 Å². The molecule has 0 atom stereocenters. The summed E-state index contributed by atoms with van der Waals surface area (Å²) in [6.07, 6.45) is -9.33. The van der Waals surface area contributed by atoms with Gasteiger partial charge in [-0.3, -0.25) is 19.8 Å². The fourth-order valence-corrected chi connectivity index (χ4v) is 2.11. The van der Waals surface area contributed by atoms with Crippen molar-refractivity contribution in [3.05, 3.63) is 29.8 Å². The average molecular weight is 428 g/mol. The third-order valence-corrected chi connectivity index (χ3v) is 3.39. The van der Waals surface area contributed by atoms with Gasteiger partial charge in [-0.1, -0.05) is 19.1 Å². The summed E-state index contributed by atoms with van der Waals surface area (Å²) in [6, 6.07) is 2.95. The van der Waals surface area contributed by atoms with Crippen molar-refractivity contribution < 1.29 is 40.7 Å². The molecule has 0 bridgehead atoms. The summed E-state index contributed by atoms with van der Waals surface area (Å²) in [5.74, 6) is -1.84. The maximum Gasteiger partial charge on any atom is 0.418 e. The summed E-state index contributed by atoms with van der Waals surface area (Å²) >= 11 is 0. The van der Waals surface area contributed by atoms with E-state index in [4.69, 9.17) is 0 Å². The molecule has 0 spiro atoms. The molecule has 4 amide bonds. The number of para-hydroxylation sites is 1. The summed E-state index contributed by atoms with van der Waals surface area (Å²) in [4.78, 5) is 36.1. The molecule has 0 fully saturated rings. The first kappa shape index (κ1) is 24.2. The van der Waals surface area contributed by atoms with Crippen LogP contribution in [0.5, 0.6) is 0 Å². The lowest BCUT2D eigenvalue weighted by atomic mass is 10.1. The number of hydrogen-bond donors (Lipinski definition) is 3. The highest BCUT2D eigenvalue weighted by Gasteiger charge is 2.33. The van der Waals surface area contributed by atoms with Crippen molar-refractivity contribution in [3.63, 3.8) is 0 Å². The van der Waals surface area contributed by atoms with Crippen LogP contribution < -0.4 is 16.0 Å². The summed E-state index contributed by atoms with van der Waals surface area (Å²) < 4.78 is 74.8. The minimum atomic E-state index is -4.68. The number of alkyl halides is 6. The Labute approximate surface area is 161 Å². The second-order valence-electron chi connectivity index (χ2n) is 5.74. The number of urea groups is 1. The predicted octanol–water partition coefficient (Wildman–Crippen LogP) is 2.35. The molecule has 13 heteroatoms. The number of nitrogens with one attached hydrogen (secondary N) is 3. The minimum Gasteiger partial charge on any atom is -0.329 e. The van der Waals surface area contributed by atoms with E-state index in [1.165, 1.54) is 23.2 Å². The highest BCUT2D eigenvalue weighted by atomic mass is 19.4. The molecule has 0 aliphatic heterocycles. The van der Waals surface area contributed by atoms with Gasteiger partial charge in [0.05, 0.1) is 24.3 Å². The highest BCUT2D eigenvalue weighted by molar-refractivity contribution is 5.96. The number of benzene rings is 1. The summed E-state index contributed by atoms with van der Waals surface area (Å²) in [5.41, 5.74) is -1.51. The van der Waals surface area contributed by atoms with E-state index in [0.717, 1.165) is 18.2 Å². The normalized spacial score (nSPS) is 11.9. The zero-order valence-corrected chi connectivity index (χ0v) is 15.1. The van der Waals surface area contributed by atoms with Gasteiger partial charge in [-0.2, -0.15) is 26.3 Å². The lowest BCUT2D eigenvalue weighted by Crippen LogP contribution is -2.47. The number of amides is 4. The zero-order valence-electron chi connectivity index (χ0n) is 15.1. The van der Waals surface area contributed by atoms with E-state index < -0.39 is 61.1 Å². The molecule has 1 aromatic carbocycles. The van der Waals surface area contributed by atoms with E-state index in [1.807, 2.05) is 0 Å². The topological polar surface area (TPSA) is 90.5 Å². The lowest BCUT2D eigenvalue weighted by molar-refractivity contribution is -0.137. The quantitative estimate of drug-likeness (QED) is 0.582. The van der Waals surface area contributed by atoms with E-state index >= 15 is 0 Å². The van der Waals surface area contributed by atoms with Crippen molar-refractivity contribution in [2.75, 3.05) is 31.5 Å². The number of halogens is 6. The van der Waals surface area contributed by atoms with E-state index in [-0.39, 0.29) is 6.54 Å². The molecule has 0 aliphatic carbocycles. The lowest BCUT2D eigenvalue weighted by Gasteiger charge is -2.20. The maximum atomic E-state index is 12.9. The summed E-state index contributed by atoms with van der Waals surface area (Å²) in [5, 5.41) is 5.19. The molecular weight excluding hydrogens is 410 g/mol. The number of carbonyl (C=O) groups is 3. The predicted molar refractivity (Wildman–Crippen MR) is 89.8 cm³/mol. The van der Waals surface area contributed by atoms with Crippen LogP contribution in [0, 0.1) is 0 Å². The van der Waals surface area contributed by atoms with Crippen LogP contribution in [-0.4, -0.2) is 55.1 Å². The SMILES string of the molecule is CCN(CC(=O)NC(=O)NCC(F)(F)F)CC(=O)Nc1ccccc1C(F)(F)F. The fourth-order valence-electron chi connectivity index (χ4n) is 2.11. The summed E-state index contributed by atoms with van der Waals surface area (Å²) in [6.45, 7) is -1.02. The van der Waals surface area contributed by atoms with E-state index in [0.29, 0.717) is 0 Å². The van der Waals surface area contributed by atoms with Gasteiger partial charge in [0, 0.05) is 0 Å². The van der Waals surface area contributed by atoms with Crippen molar-refractivity contribution in [1.29, 1.82) is 0 Å². The van der Waals surface area contributed by atoms with Gasteiger partial charge in [0.25, 0.3) is 0 Å². The van der Waals surface area contributed by atoms with Crippen LogP contribution in [0.1, 0.15) is 12.5 Å². The van der Waals surface area contributed by atoms with Crippen LogP contribution in [0.2, 0.25) is 0 Å². The van der Waals surface area contributed by atoms with Crippen LogP contribution in [-0.2, 0) is 15.8 Å². The van der Waals surface area contributed by atoms with Crippen molar-refractivity contribution in [3.8, 4) is 0 Å². The third kappa shape index (κ3) is 9.27. The van der Waals surface area contributed by atoms with Gasteiger partial charge < -0.3 is 10.6 Å². The maximum absolute atomic E-state index is 12.9. The molecule has 0 heterocycles. The molecule has 162 valence electrons. The molecule has 1 aromatic rings. The van der Waals surface area contributed by atoms with Crippen molar-refractivity contribution in [1.82, 2.24) is 15.5 Å². The number of hydrogen-bond acceptors (Lipinski definition) is 4. The molecule has 1 rings (SSSR count). The molecule has 0 unspecified atom stereocenters. The number of carbonyl (C=O) groups excluding carboxylic acids is 3. The largest absolute Gasteiger partial charge is 0.418 e. The molecule has 29 heavy (non-hydrogen) atoms. The Kier molecular flexibility index (Phi) is 8.42. The average Bonchev–Trinajstić information content (AvgIpc) is 2.58. The number of imide groups is 1. The van der Waals surface area contributed by atoms with E-state index in [1.54, 1.807) is 5.32 Å². The molecule has 0 aliphatic rings. The minimum absolute atomic E-state index is 0.103. The van der Waals surface area contributed by atoms with Crippen LogP contribution >= 0.6 is 0 Å². The van der Waals surface area contributed by atoms with E-state index in [9.17, 15) is 40.7 Å². The molecular formula is C16H18F6N4O3. The van der Waals surface area contributed by atoms with Crippen LogP contribution in [0.25, 0.3) is 0 Å². The van der Waals surface area contributed by atoms with Gasteiger partial charge in [0.1, 0.15) is 6.54 Å². The Morgan fingerprint density at radius 3 is 2.10 bits per heavy atom. The molecule has 3 N–H and O–H groups in total. The standard InChI is InChI=1S/C16H18F6N4O3/c1-2-26(8-13(28)25-14(29)23-9-15(17,18)19)7-12(27)24-11-6-4-3-5-10(11)16(20,21)22/h3-6H,2,7-9H2,1H3,(H,24,27)(H2,23,25,28,29). The smallest absolute Gasteiger partial charge is 0.329 e. The monoisotopic (exact) mass is 428 g/mol. The molecule has 7 nitrogen and oxygen atoms in total. The Balaban J connectivity index is 2.60. The first-order chi connectivity index (χ1) is 13.3. The first-order valence-electron chi connectivity index (χ1n) is 8.14. The molecule has 0 saturated heterocycles. The van der Waals surface area contributed by atoms with Crippen molar-refractivity contribution >= 4 is 23.5 Å². The van der Waals surface area contributed by atoms with Crippen LogP contribution in [0.15, 0.2) is 24.3 Å². The molecule has 0 saturated carbocycles. The number of likely N-dealkylation sites (N-methyl/N-ethyl adjacent to an activating group) is 1. The Hall–Kier alpha value is -2.83. The number of rotatable bonds is 7. The zero-order chi connectivity index (χ0) is 22.2. The number of anilines is 1. The molecule has 0 aromatic heterocycles. The van der Waals surface area contributed by atoms with Gasteiger partial charge in [0.15, 0.2) is 0 Å². The number of nitrogens with zero attached hydrogens (tertiary/aromatic N) is 1. The van der Waals surface area contributed by atoms with Gasteiger partial charge in [-0.15, -0.1) is 0 Å². The summed E-state index contributed by atoms with van der Waals surface area (Å²) in [7, 11) is 0. The van der Waals surface area contributed by atoms with Gasteiger partial charge >= 0.3 is 18.4 Å². The van der Waals surface area contributed by atoms with Crippen LogP contribution in [0.3, 0.4) is 0 Å². The van der Waals surface area contributed by atoms with Crippen molar-refractivity contribution in [2.24, 2.45) is 0 Å². The van der Waals surface area contributed by atoms with Crippen molar-refractivity contribution in [2.45, 2.75) is 19.3 Å². The first-order valence-corrected chi connectivity index (χ1v) is 8.14.